The van der Waals surface area contributed by atoms with Gasteiger partial charge in [0, 0.05) is 50.8 Å². The summed E-state index contributed by atoms with van der Waals surface area (Å²) in [6, 6.07) is 7.31. The Bertz CT molecular complexity index is 848. The van der Waals surface area contributed by atoms with E-state index >= 15 is 0 Å². The molecule has 0 bridgehead atoms. The summed E-state index contributed by atoms with van der Waals surface area (Å²) in [6.45, 7) is 5.09. The molecule has 1 aromatic carbocycles. The van der Waals surface area contributed by atoms with Gasteiger partial charge in [0.25, 0.3) is 0 Å². The Balaban J connectivity index is 1.69. The van der Waals surface area contributed by atoms with Crippen molar-refractivity contribution in [2.75, 3.05) is 44.7 Å². The SMILES string of the molecule is FC(F)(F)c1ccc(NC(=S)N(CCN2CCOCC2)Cc2cccnc2)cc1Cl. The maximum atomic E-state index is 12.9. The molecule has 30 heavy (non-hydrogen) atoms. The fourth-order valence-electron chi connectivity index (χ4n) is 3.08. The number of thiocarbonyl (C=S) groups is 1. The molecule has 3 rings (SSSR count). The Labute approximate surface area is 183 Å². The number of morpholine rings is 1. The van der Waals surface area contributed by atoms with E-state index in [0.29, 0.717) is 37.1 Å². The van der Waals surface area contributed by atoms with Crippen molar-refractivity contribution in [2.24, 2.45) is 0 Å². The number of alkyl halides is 3. The van der Waals surface area contributed by atoms with Crippen LogP contribution in [0.5, 0.6) is 0 Å². The molecule has 1 N–H and O–H groups in total. The number of aromatic nitrogens is 1. The van der Waals surface area contributed by atoms with Crippen molar-refractivity contribution < 1.29 is 17.9 Å². The quantitative estimate of drug-likeness (QED) is 0.651. The molecule has 0 amide bonds. The highest BCUT2D eigenvalue weighted by Gasteiger charge is 2.33. The molecular formula is C20H22ClF3N4OS. The number of hydrogen-bond acceptors (Lipinski definition) is 4. The first-order valence-electron chi connectivity index (χ1n) is 9.44. The second kappa shape index (κ2) is 10.4. The van der Waals surface area contributed by atoms with Crippen LogP contribution in [0, 0.1) is 0 Å². The van der Waals surface area contributed by atoms with Crippen molar-refractivity contribution >= 4 is 34.6 Å². The third-order valence-corrected chi connectivity index (χ3v) is 5.37. The number of nitrogens with zero attached hydrogens (tertiary/aromatic N) is 3. The Kier molecular flexibility index (Phi) is 7.87. The number of halogens is 4. The molecule has 0 atom stereocenters. The van der Waals surface area contributed by atoms with E-state index in [4.69, 9.17) is 28.6 Å². The first-order valence-corrected chi connectivity index (χ1v) is 10.2. The van der Waals surface area contributed by atoms with E-state index in [1.54, 1.807) is 12.4 Å². The van der Waals surface area contributed by atoms with E-state index < -0.39 is 11.7 Å². The molecule has 0 spiro atoms. The summed E-state index contributed by atoms with van der Waals surface area (Å²) in [4.78, 5) is 8.39. The number of nitrogens with one attached hydrogen (secondary N) is 1. The van der Waals surface area contributed by atoms with Crippen LogP contribution in [0.4, 0.5) is 18.9 Å². The topological polar surface area (TPSA) is 40.6 Å². The van der Waals surface area contributed by atoms with Crippen molar-refractivity contribution in [3.05, 3.63) is 58.9 Å². The van der Waals surface area contributed by atoms with Crippen molar-refractivity contribution in [3.8, 4) is 0 Å². The van der Waals surface area contributed by atoms with Crippen LogP contribution < -0.4 is 5.32 Å². The molecule has 0 aliphatic carbocycles. The molecule has 1 aromatic heterocycles. The highest BCUT2D eigenvalue weighted by Crippen LogP contribution is 2.35. The average molecular weight is 459 g/mol. The largest absolute Gasteiger partial charge is 0.417 e. The second-order valence-electron chi connectivity index (χ2n) is 6.86. The first kappa shape index (κ1) is 22.7. The molecule has 1 aliphatic heterocycles. The normalized spacial score (nSPS) is 15.1. The van der Waals surface area contributed by atoms with Crippen LogP contribution in [0.1, 0.15) is 11.1 Å². The van der Waals surface area contributed by atoms with Gasteiger partial charge in [-0.05, 0) is 42.0 Å². The number of hydrogen-bond donors (Lipinski definition) is 1. The average Bonchev–Trinajstić information content (AvgIpc) is 2.71. The van der Waals surface area contributed by atoms with E-state index in [-0.39, 0.29) is 5.02 Å². The van der Waals surface area contributed by atoms with E-state index in [2.05, 4.69) is 15.2 Å². The molecular weight excluding hydrogens is 437 g/mol. The summed E-state index contributed by atoms with van der Waals surface area (Å²) < 4.78 is 44.2. The minimum Gasteiger partial charge on any atom is -0.379 e. The predicted octanol–water partition coefficient (Wildman–Crippen LogP) is 4.29. The van der Waals surface area contributed by atoms with Gasteiger partial charge in [-0.15, -0.1) is 0 Å². The highest BCUT2D eigenvalue weighted by molar-refractivity contribution is 7.80. The number of benzene rings is 1. The molecule has 2 heterocycles. The van der Waals surface area contributed by atoms with Gasteiger partial charge in [0.15, 0.2) is 5.11 Å². The van der Waals surface area contributed by atoms with Crippen LogP contribution in [-0.4, -0.2) is 59.3 Å². The fraction of sp³-hybridized carbons (Fsp3) is 0.400. The molecule has 0 saturated carbocycles. The zero-order chi connectivity index (χ0) is 21.6. The number of anilines is 1. The number of rotatable bonds is 6. The Morgan fingerprint density at radius 2 is 2.03 bits per heavy atom. The first-order chi connectivity index (χ1) is 14.3. The van der Waals surface area contributed by atoms with E-state index in [0.717, 1.165) is 31.3 Å². The van der Waals surface area contributed by atoms with Crippen molar-refractivity contribution in [1.29, 1.82) is 0 Å². The zero-order valence-electron chi connectivity index (χ0n) is 16.2. The Morgan fingerprint density at radius 3 is 2.67 bits per heavy atom. The molecule has 2 aromatic rings. The number of ether oxygens (including phenoxy) is 1. The van der Waals surface area contributed by atoms with Gasteiger partial charge in [-0.2, -0.15) is 13.2 Å². The molecule has 1 saturated heterocycles. The summed E-state index contributed by atoms with van der Waals surface area (Å²) in [5.41, 5.74) is 0.509. The lowest BCUT2D eigenvalue weighted by atomic mass is 10.2. The van der Waals surface area contributed by atoms with Crippen LogP contribution in [-0.2, 0) is 17.5 Å². The third kappa shape index (κ3) is 6.53. The lowest BCUT2D eigenvalue weighted by Crippen LogP contribution is -2.44. The summed E-state index contributed by atoms with van der Waals surface area (Å²) in [7, 11) is 0. The summed E-state index contributed by atoms with van der Waals surface area (Å²) >= 11 is 11.4. The monoisotopic (exact) mass is 458 g/mol. The minimum absolute atomic E-state index is 0.373. The molecule has 10 heteroatoms. The molecule has 5 nitrogen and oxygen atoms in total. The van der Waals surface area contributed by atoms with Crippen LogP contribution in [0.25, 0.3) is 0 Å². The smallest absolute Gasteiger partial charge is 0.379 e. The molecule has 1 aliphatic rings. The highest BCUT2D eigenvalue weighted by atomic mass is 35.5. The molecule has 0 radical (unpaired) electrons. The molecule has 1 fully saturated rings. The van der Waals surface area contributed by atoms with Gasteiger partial charge >= 0.3 is 6.18 Å². The third-order valence-electron chi connectivity index (χ3n) is 4.70. The van der Waals surface area contributed by atoms with Gasteiger partial charge in [0.05, 0.1) is 23.8 Å². The van der Waals surface area contributed by atoms with Gasteiger partial charge in [-0.25, -0.2) is 0 Å². The second-order valence-corrected chi connectivity index (χ2v) is 7.65. The molecule has 162 valence electrons. The van der Waals surface area contributed by atoms with Gasteiger partial charge < -0.3 is 15.0 Å². The van der Waals surface area contributed by atoms with Crippen LogP contribution in [0.2, 0.25) is 5.02 Å². The van der Waals surface area contributed by atoms with E-state index in [1.165, 1.54) is 12.1 Å². The van der Waals surface area contributed by atoms with Crippen molar-refractivity contribution in [1.82, 2.24) is 14.8 Å². The minimum atomic E-state index is -4.50. The van der Waals surface area contributed by atoms with Gasteiger partial charge in [0.1, 0.15) is 0 Å². The summed E-state index contributed by atoms with van der Waals surface area (Å²) in [6.07, 6.45) is -1.04. The summed E-state index contributed by atoms with van der Waals surface area (Å²) in [5, 5.41) is 3.04. The fourth-order valence-corrected chi connectivity index (χ4v) is 3.64. The standard InChI is InChI=1S/C20H22ClF3N4OS/c21-18-12-16(3-4-17(18)20(22,23)24)26-19(30)28(14-15-2-1-5-25-13-15)7-6-27-8-10-29-11-9-27/h1-5,12-13H,6-11,14H2,(H,26,30). The lowest BCUT2D eigenvalue weighted by Gasteiger charge is -2.31. The van der Waals surface area contributed by atoms with E-state index in [9.17, 15) is 13.2 Å². The Morgan fingerprint density at radius 1 is 1.27 bits per heavy atom. The van der Waals surface area contributed by atoms with Gasteiger partial charge in [-0.3, -0.25) is 9.88 Å². The zero-order valence-corrected chi connectivity index (χ0v) is 17.7. The van der Waals surface area contributed by atoms with Crippen molar-refractivity contribution in [3.63, 3.8) is 0 Å². The van der Waals surface area contributed by atoms with E-state index in [1.807, 2.05) is 17.0 Å². The predicted molar refractivity (Wildman–Crippen MR) is 115 cm³/mol. The van der Waals surface area contributed by atoms with Gasteiger partial charge in [0.2, 0.25) is 0 Å². The maximum Gasteiger partial charge on any atom is 0.417 e. The van der Waals surface area contributed by atoms with Crippen LogP contribution >= 0.6 is 23.8 Å². The number of pyridine rings is 1. The van der Waals surface area contributed by atoms with Crippen molar-refractivity contribution in [2.45, 2.75) is 12.7 Å². The Hall–Kier alpha value is -1.94. The lowest BCUT2D eigenvalue weighted by molar-refractivity contribution is -0.137. The van der Waals surface area contributed by atoms with Gasteiger partial charge in [-0.1, -0.05) is 17.7 Å². The molecule has 0 unspecified atom stereocenters. The maximum absolute atomic E-state index is 12.9. The van der Waals surface area contributed by atoms with Crippen LogP contribution in [0.15, 0.2) is 42.7 Å². The summed E-state index contributed by atoms with van der Waals surface area (Å²) in [5.74, 6) is 0. The van der Waals surface area contributed by atoms with Crippen LogP contribution in [0.3, 0.4) is 0 Å².